The predicted molar refractivity (Wildman–Crippen MR) is 113 cm³/mol. The van der Waals surface area contributed by atoms with E-state index in [2.05, 4.69) is 15.0 Å². The second-order valence-electron chi connectivity index (χ2n) is 7.41. The first-order valence-corrected chi connectivity index (χ1v) is 11.5. The minimum atomic E-state index is -3.91. The largest absolute Gasteiger partial charge is 0.382 e. The lowest BCUT2D eigenvalue weighted by Crippen LogP contribution is -2.40. The molecule has 1 fully saturated rings. The number of pyridine rings is 1. The van der Waals surface area contributed by atoms with Crippen molar-refractivity contribution in [1.29, 1.82) is 0 Å². The van der Waals surface area contributed by atoms with E-state index in [0.29, 0.717) is 23.9 Å². The van der Waals surface area contributed by atoms with Crippen LogP contribution in [0, 0.1) is 11.6 Å². The van der Waals surface area contributed by atoms with Crippen LogP contribution in [-0.4, -0.2) is 25.5 Å². The van der Waals surface area contributed by atoms with Crippen molar-refractivity contribution in [3.63, 3.8) is 0 Å². The summed E-state index contributed by atoms with van der Waals surface area (Å²) in [6.07, 6.45) is 4.53. The van der Waals surface area contributed by atoms with E-state index < -0.39 is 21.7 Å². The topological polar surface area (TPSA) is 71.1 Å². The molecule has 0 atom stereocenters. The lowest BCUT2D eigenvalue weighted by molar-refractivity contribution is 0.387. The molecule has 0 amide bonds. The van der Waals surface area contributed by atoms with Crippen LogP contribution in [0.25, 0.3) is 10.9 Å². The van der Waals surface area contributed by atoms with E-state index in [-0.39, 0.29) is 17.0 Å². The van der Waals surface area contributed by atoms with E-state index in [1.54, 1.807) is 6.20 Å². The first kappa shape index (κ1) is 21.0. The average molecular weight is 452 g/mol. The van der Waals surface area contributed by atoms with Gasteiger partial charge in [0.2, 0.25) is 10.0 Å². The molecule has 1 aliphatic carbocycles. The van der Waals surface area contributed by atoms with E-state index >= 15 is 0 Å². The summed E-state index contributed by atoms with van der Waals surface area (Å²) in [7, 11) is -3.91. The zero-order valence-electron chi connectivity index (χ0n) is 15.9. The third-order valence-electron chi connectivity index (χ3n) is 5.31. The Kier molecular flexibility index (Phi) is 5.90. The van der Waals surface area contributed by atoms with Crippen LogP contribution in [-0.2, 0) is 10.0 Å². The predicted octanol–water partition coefficient (Wildman–Crippen LogP) is 4.87. The molecule has 0 unspecified atom stereocenters. The van der Waals surface area contributed by atoms with Gasteiger partial charge in [0.15, 0.2) is 11.6 Å². The molecule has 1 aromatic heterocycles. The summed E-state index contributed by atoms with van der Waals surface area (Å²) in [4.78, 5) is 4.06. The van der Waals surface area contributed by atoms with Gasteiger partial charge in [0, 0.05) is 34.4 Å². The van der Waals surface area contributed by atoms with Crippen molar-refractivity contribution in [3.05, 3.63) is 65.3 Å². The number of benzene rings is 2. The van der Waals surface area contributed by atoms with E-state index in [4.69, 9.17) is 11.6 Å². The fraction of sp³-hybridized carbons (Fsp3) is 0.286. The Hall–Kier alpha value is -2.29. The van der Waals surface area contributed by atoms with Gasteiger partial charge in [-0.25, -0.2) is 21.9 Å². The number of halogens is 3. The van der Waals surface area contributed by atoms with Crippen molar-refractivity contribution < 1.29 is 17.2 Å². The highest BCUT2D eigenvalue weighted by molar-refractivity contribution is 7.89. The summed E-state index contributed by atoms with van der Waals surface area (Å²) in [6, 6.07) is 9.98. The molecule has 5 nitrogen and oxygen atoms in total. The zero-order chi connectivity index (χ0) is 21.3. The molecule has 1 saturated carbocycles. The third kappa shape index (κ3) is 4.55. The Morgan fingerprint density at radius 3 is 2.40 bits per heavy atom. The van der Waals surface area contributed by atoms with Gasteiger partial charge in [-0.3, -0.25) is 4.98 Å². The van der Waals surface area contributed by atoms with Crippen molar-refractivity contribution in [2.75, 3.05) is 5.32 Å². The molecule has 0 spiro atoms. The van der Waals surface area contributed by atoms with Gasteiger partial charge in [-0.1, -0.05) is 11.6 Å². The second-order valence-corrected chi connectivity index (χ2v) is 9.56. The molecule has 0 radical (unpaired) electrons. The number of hydrogen-bond acceptors (Lipinski definition) is 4. The molecule has 2 N–H and O–H groups in total. The number of fused-ring (bicyclic) bond motifs is 1. The van der Waals surface area contributed by atoms with Gasteiger partial charge >= 0.3 is 0 Å². The zero-order valence-corrected chi connectivity index (χ0v) is 17.5. The minimum absolute atomic E-state index is 0.190. The normalized spacial score (nSPS) is 19.7. The van der Waals surface area contributed by atoms with Gasteiger partial charge in [-0.2, -0.15) is 0 Å². The number of sulfonamides is 1. The molecular formula is C21H20ClF2N3O2S. The first-order valence-electron chi connectivity index (χ1n) is 9.60. The van der Waals surface area contributed by atoms with E-state index in [1.165, 1.54) is 0 Å². The van der Waals surface area contributed by atoms with Crippen molar-refractivity contribution in [1.82, 2.24) is 9.71 Å². The molecule has 0 bridgehead atoms. The monoisotopic (exact) mass is 451 g/mol. The number of aromatic nitrogens is 1. The Bertz CT molecular complexity index is 1180. The molecule has 9 heteroatoms. The van der Waals surface area contributed by atoms with Crippen LogP contribution in [0.5, 0.6) is 0 Å². The summed E-state index contributed by atoms with van der Waals surface area (Å²) in [5.41, 5.74) is 1.77. The number of nitrogens with zero attached hydrogens (tertiary/aromatic N) is 1. The molecule has 0 aliphatic heterocycles. The molecule has 158 valence electrons. The van der Waals surface area contributed by atoms with Crippen LogP contribution < -0.4 is 10.0 Å². The van der Waals surface area contributed by atoms with E-state index in [0.717, 1.165) is 41.6 Å². The van der Waals surface area contributed by atoms with Crippen LogP contribution in [0.1, 0.15) is 25.7 Å². The number of hydrogen-bond donors (Lipinski definition) is 2. The summed E-state index contributed by atoms with van der Waals surface area (Å²) in [5, 5.41) is 5.12. The maximum absolute atomic E-state index is 13.4. The smallest absolute Gasteiger partial charge is 0.240 e. The lowest BCUT2D eigenvalue weighted by Gasteiger charge is -2.30. The van der Waals surface area contributed by atoms with Crippen LogP contribution in [0.3, 0.4) is 0 Å². The Morgan fingerprint density at radius 1 is 0.933 bits per heavy atom. The average Bonchev–Trinajstić information content (AvgIpc) is 2.71. The van der Waals surface area contributed by atoms with E-state index in [1.807, 2.05) is 24.3 Å². The Balaban J connectivity index is 1.39. The van der Waals surface area contributed by atoms with Gasteiger partial charge in [-0.05, 0) is 68.1 Å². The number of nitrogens with one attached hydrogen (secondary N) is 2. The van der Waals surface area contributed by atoms with Crippen molar-refractivity contribution >= 4 is 38.2 Å². The maximum Gasteiger partial charge on any atom is 0.240 e. The summed E-state index contributed by atoms with van der Waals surface area (Å²) in [5.74, 6) is -2.26. The summed E-state index contributed by atoms with van der Waals surface area (Å²) >= 11 is 6.04. The summed E-state index contributed by atoms with van der Waals surface area (Å²) < 4.78 is 54.0. The summed E-state index contributed by atoms with van der Waals surface area (Å²) in [6.45, 7) is 0. The van der Waals surface area contributed by atoms with Crippen LogP contribution in [0.15, 0.2) is 53.6 Å². The molecule has 3 aromatic rings. The van der Waals surface area contributed by atoms with Crippen molar-refractivity contribution in [2.24, 2.45) is 0 Å². The van der Waals surface area contributed by atoms with Gasteiger partial charge in [0.1, 0.15) is 0 Å². The van der Waals surface area contributed by atoms with E-state index in [9.17, 15) is 17.2 Å². The Morgan fingerprint density at radius 2 is 1.67 bits per heavy atom. The quantitative estimate of drug-likeness (QED) is 0.580. The molecule has 2 aromatic carbocycles. The van der Waals surface area contributed by atoms with Crippen LogP contribution >= 0.6 is 11.6 Å². The first-order chi connectivity index (χ1) is 14.3. The highest BCUT2D eigenvalue weighted by Crippen LogP contribution is 2.28. The number of rotatable bonds is 5. The fourth-order valence-corrected chi connectivity index (χ4v) is 5.24. The highest BCUT2D eigenvalue weighted by atomic mass is 35.5. The van der Waals surface area contributed by atoms with Crippen molar-refractivity contribution in [3.8, 4) is 0 Å². The molecule has 1 aliphatic rings. The van der Waals surface area contributed by atoms with Crippen LogP contribution in [0.4, 0.5) is 14.5 Å². The lowest BCUT2D eigenvalue weighted by atomic mass is 9.91. The van der Waals surface area contributed by atoms with Gasteiger partial charge in [-0.15, -0.1) is 0 Å². The fourth-order valence-electron chi connectivity index (χ4n) is 3.75. The van der Waals surface area contributed by atoms with Crippen molar-refractivity contribution in [2.45, 2.75) is 42.7 Å². The van der Waals surface area contributed by atoms with Crippen LogP contribution in [0.2, 0.25) is 5.02 Å². The third-order valence-corrected chi connectivity index (χ3v) is 7.07. The molecule has 0 saturated heterocycles. The second kappa shape index (κ2) is 8.45. The number of anilines is 1. The van der Waals surface area contributed by atoms with Gasteiger partial charge in [0.05, 0.1) is 10.4 Å². The molecule has 4 rings (SSSR count). The Labute approximate surface area is 178 Å². The van der Waals surface area contributed by atoms with Gasteiger partial charge in [0.25, 0.3) is 0 Å². The van der Waals surface area contributed by atoms with Gasteiger partial charge < -0.3 is 5.32 Å². The molecular weight excluding hydrogens is 432 g/mol. The highest BCUT2D eigenvalue weighted by Gasteiger charge is 2.26. The maximum atomic E-state index is 13.4. The standard InChI is InChI=1S/C21H20ClF2N3O2S/c22-13-1-7-17-20(9-10-25-21(17)11-13)26-14-2-4-15(5-3-14)27-30(28,29)16-6-8-18(23)19(24)12-16/h1,6-12,14-15,27H,2-5H2,(H,25,26). The molecule has 30 heavy (non-hydrogen) atoms. The molecule has 1 heterocycles. The SMILES string of the molecule is O=S(=O)(NC1CCC(Nc2ccnc3cc(Cl)ccc23)CC1)c1ccc(F)c(F)c1. The minimum Gasteiger partial charge on any atom is -0.382 e.